The number of carbonyl (C=O) groups is 1. The highest BCUT2D eigenvalue weighted by atomic mass is 79.9. The summed E-state index contributed by atoms with van der Waals surface area (Å²) in [7, 11) is 0. The molecule has 0 saturated carbocycles. The maximum absolute atomic E-state index is 13.3. The van der Waals surface area contributed by atoms with Crippen LogP contribution in [0.4, 0.5) is 0 Å². The molecule has 1 saturated heterocycles. The van der Waals surface area contributed by atoms with E-state index in [-0.39, 0.29) is 17.2 Å². The van der Waals surface area contributed by atoms with E-state index in [0.29, 0.717) is 23.8 Å². The highest BCUT2D eigenvalue weighted by Gasteiger charge is 2.46. The van der Waals surface area contributed by atoms with E-state index >= 15 is 0 Å². The van der Waals surface area contributed by atoms with Crippen LogP contribution in [0.25, 0.3) is 0 Å². The molecule has 5 heteroatoms. The van der Waals surface area contributed by atoms with Crippen LogP contribution in [0.1, 0.15) is 44.2 Å². The predicted octanol–water partition coefficient (Wildman–Crippen LogP) is 4.01. The molecule has 30 heavy (non-hydrogen) atoms. The van der Waals surface area contributed by atoms with E-state index in [1.165, 1.54) is 11.1 Å². The van der Waals surface area contributed by atoms with E-state index in [2.05, 4.69) is 71.1 Å². The first-order chi connectivity index (χ1) is 14.3. The Hall–Kier alpha value is -1.17. The lowest BCUT2D eigenvalue weighted by Gasteiger charge is -2.49. The summed E-state index contributed by atoms with van der Waals surface area (Å²) in [6.45, 7) is 8.21. The molecule has 0 radical (unpaired) electrons. The molecule has 3 aliphatic rings. The summed E-state index contributed by atoms with van der Waals surface area (Å²) in [5, 5.41) is 10.9. The van der Waals surface area contributed by atoms with Gasteiger partial charge in [-0.25, -0.2) is 0 Å². The fourth-order valence-electron chi connectivity index (χ4n) is 5.69. The van der Waals surface area contributed by atoms with Crippen LogP contribution in [0.5, 0.6) is 0 Å². The van der Waals surface area contributed by atoms with Crippen molar-refractivity contribution in [2.45, 2.75) is 57.0 Å². The molecule has 0 aromatic heterocycles. The van der Waals surface area contributed by atoms with Crippen molar-refractivity contribution in [3.63, 3.8) is 0 Å². The zero-order chi connectivity index (χ0) is 21.3. The molecule has 1 amide bonds. The van der Waals surface area contributed by atoms with Crippen LogP contribution < -0.4 is 0 Å². The first-order valence-electron chi connectivity index (χ1n) is 11.4. The molecule has 0 bridgehead atoms. The van der Waals surface area contributed by atoms with Crippen LogP contribution >= 0.6 is 15.9 Å². The van der Waals surface area contributed by atoms with Crippen LogP contribution in [0.2, 0.25) is 0 Å². The molecular weight excluding hydrogens is 440 g/mol. The number of hydrogen-bond acceptors (Lipinski definition) is 3. The minimum Gasteiger partial charge on any atom is -0.390 e. The van der Waals surface area contributed by atoms with Crippen LogP contribution in [0.15, 0.2) is 36.4 Å². The number of hydrogen-bond donors (Lipinski definition) is 1. The van der Waals surface area contributed by atoms with Gasteiger partial charge in [0.05, 0.1) is 12.0 Å². The number of β-amino-alcohol motifs (C(OH)–C–C–N with tert-alkyl or cyclic N) is 1. The first-order valence-corrected chi connectivity index (χ1v) is 12.3. The van der Waals surface area contributed by atoms with Crippen LogP contribution in [-0.2, 0) is 17.8 Å². The molecule has 0 spiro atoms. The number of benzene rings is 1. The van der Waals surface area contributed by atoms with Gasteiger partial charge in [-0.05, 0) is 41.7 Å². The molecular formula is C25H35BrN2O2. The van der Waals surface area contributed by atoms with E-state index in [1.807, 2.05) is 4.90 Å². The number of alkyl halides is 1. The van der Waals surface area contributed by atoms with Crippen molar-refractivity contribution >= 4 is 21.8 Å². The van der Waals surface area contributed by atoms with Crippen LogP contribution in [-0.4, -0.2) is 57.9 Å². The van der Waals surface area contributed by atoms with Gasteiger partial charge in [-0.15, -0.1) is 0 Å². The van der Waals surface area contributed by atoms with Gasteiger partial charge in [-0.3, -0.25) is 9.69 Å². The highest BCUT2D eigenvalue weighted by molar-refractivity contribution is 9.09. The van der Waals surface area contributed by atoms with E-state index in [1.54, 1.807) is 0 Å². The number of rotatable bonds is 4. The number of fused-ring (bicyclic) bond motifs is 2. The summed E-state index contributed by atoms with van der Waals surface area (Å²) >= 11 is 3.70. The Morgan fingerprint density at radius 3 is 2.73 bits per heavy atom. The van der Waals surface area contributed by atoms with Gasteiger partial charge in [0.2, 0.25) is 5.91 Å². The molecule has 1 aromatic carbocycles. The summed E-state index contributed by atoms with van der Waals surface area (Å²) in [5.74, 6) is 0.511. The number of allylic oxidation sites excluding steroid dienone is 1. The van der Waals surface area contributed by atoms with Crippen molar-refractivity contribution in [2.24, 2.45) is 17.3 Å². The van der Waals surface area contributed by atoms with Crippen LogP contribution in [0.3, 0.4) is 0 Å². The van der Waals surface area contributed by atoms with Crippen molar-refractivity contribution in [3.8, 4) is 0 Å². The van der Waals surface area contributed by atoms with Gasteiger partial charge in [-0.2, -0.15) is 0 Å². The number of halogens is 1. The third-order valence-electron chi connectivity index (χ3n) is 7.26. The molecule has 4 nitrogen and oxygen atoms in total. The van der Waals surface area contributed by atoms with Crippen molar-refractivity contribution in [1.82, 2.24) is 9.80 Å². The Kier molecular flexibility index (Phi) is 6.71. The van der Waals surface area contributed by atoms with Crippen molar-refractivity contribution < 1.29 is 9.90 Å². The maximum atomic E-state index is 13.3. The zero-order valence-corrected chi connectivity index (χ0v) is 19.9. The van der Waals surface area contributed by atoms with Crippen molar-refractivity contribution in [2.75, 3.05) is 26.2 Å². The second-order valence-electron chi connectivity index (χ2n) is 10.1. The fraction of sp³-hybridized carbons (Fsp3) is 0.640. The van der Waals surface area contributed by atoms with Gasteiger partial charge >= 0.3 is 0 Å². The van der Waals surface area contributed by atoms with E-state index < -0.39 is 6.10 Å². The van der Waals surface area contributed by atoms with Crippen molar-refractivity contribution in [3.05, 3.63) is 47.5 Å². The lowest BCUT2D eigenvalue weighted by Crippen LogP contribution is -2.56. The quantitative estimate of drug-likeness (QED) is 0.529. The minimum atomic E-state index is -0.520. The lowest BCUT2D eigenvalue weighted by molar-refractivity contribution is -0.148. The standard InChI is InChI=1S/C25H35BrN2O2/c1-25(2)17-28(24(30)22-11-10-20(26)8-5-9-23(22)25)16-21(29)15-27-13-12-18-6-3-4-7-19(18)14-27/h3-4,6-7,10-11,20-23,29H,5,8-9,12-17H2,1-2H3/b11-10+. The zero-order valence-electron chi connectivity index (χ0n) is 18.3. The number of aliphatic hydroxyl groups excluding tert-OH is 1. The summed E-state index contributed by atoms with van der Waals surface area (Å²) in [4.78, 5) is 18.0. The van der Waals surface area contributed by atoms with Crippen LogP contribution in [0, 0.1) is 17.3 Å². The topological polar surface area (TPSA) is 43.8 Å². The first kappa shape index (κ1) is 22.0. The van der Waals surface area contributed by atoms with Gasteiger partial charge in [0.25, 0.3) is 0 Å². The third-order valence-corrected chi connectivity index (χ3v) is 8.03. The maximum Gasteiger partial charge on any atom is 0.229 e. The molecule has 1 fully saturated rings. The van der Waals surface area contributed by atoms with Crippen molar-refractivity contribution in [1.29, 1.82) is 0 Å². The molecule has 4 rings (SSSR count). The predicted molar refractivity (Wildman–Crippen MR) is 124 cm³/mol. The number of aliphatic hydroxyl groups is 1. The Morgan fingerprint density at radius 1 is 1.17 bits per heavy atom. The highest BCUT2D eigenvalue weighted by Crippen LogP contribution is 2.44. The Morgan fingerprint density at radius 2 is 1.93 bits per heavy atom. The van der Waals surface area contributed by atoms with E-state index in [9.17, 15) is 9.90 Å². The number of nitrogens with zero attached hydrogens (tertiary/aromatic N) is 2. The summed E-state index contributed by atoms with van der Waals surface area (Å²) in [6.07, 6.45) is 8.18. The number of carbonyl (C=O) groups excluding carboxylic acids is 1. The number of piperidine rings is 1. The van der Waals surface area contributed by atoms with Gasteiger partial charge < -0.3 is 10.0 Å². The molecule has 2 heterocycles. The van der Waals surface area contributed by atoms with Gasteiger partial charge in [0.15, 0.2) is 0 Å². The summed E-state index contributed by atoms with van der Waals surface area (Å²) in [5.41, 5.74) is 2.84. The Bertz CT molecular complexity index is 793. The molecule has 2 aliphatic heterocycles. The average Bonchev–Trinajstić information content (AvgIpc) is 2.68. The molecule has 4 unspecified atom stereocenters. The van der Waals surface area contributed by atoms with Gasteiger partial charge in [0, 0.05) is 37.6 Å². The fourth-order valence-corrected chi connectivity index (χ4v) is 6.19. The molecule has 164 valence electrons. The SMILES string of the molecule is CC1(C)CN(CC(O)CN2CCc3ccccc3C2)C(=O)C2/C=C/C(Br)CCCC21. The second kappa shape index (κ2) is 9.13. The molecule has 1 aromatic rings. The third kappa shape index (κ3) is 4.84. The molecule has 1 N–H and O–H groups in total. The molecule has 1 aliphatic carbocycles. The smallest absolute Gasteiger partial charge is 0.229 e. The summed E-state index contributed by atoms with van der Waals surface area (Å²) < 4.78 is 0. The largest absolute Gasteiger partial charge is 0.390 e. The normalized spacial score (nSPS) is 31.3. The second-order valence-corrected chi connectivity index (χ2v) is 11.3. The Balaban J connectivity index is 1.41. The molecule has 4 atom stereocenters. The summed E-state index contributed by atoms with van der Waals surface area (Å²) in [6, 6.07) is 8.57. The van der Waals surface area contributed by atoms with E-state index in [4.69, 9.17) is 0 Å². The lowest BCUT2D eigenvalue weighted by atomic mass is 9.65. The minimum absolute atomic E-state index is 0.0614. The Labute approximate surface area is 189 Å². The number of amides is 1. The van der Waals surface area contributed by atoms with Gasteiger partial charge in [0.1, 0.15) is 0 Å². The average molecular weight is 475 g/mol. The van der Waals surface area contributed by atoms with Gasteiger partial charge in [-0.1, -0.05) is 72.6 Å². The monoisotopic (exact) mass is 474 g/mol. The number of likely N-dealkylation sites (tertiary alicyclic amines) is 1. The van der Waals surface area contributed by atoms with E-state index in [0.717, 1.165) is 45.3 Å².